The molecule has 0 bridgehead atoms. The van der Waals surface area contributed by atoms with Crippen molar-refractivity contribution in [2.24, 2.45) is 17.6 Å². The van der Waals surface area contributed by atoms with E-state index in [1.165, 1.54) is 12.1 Å². The lowest BCUT2D eigenvalue weighted by Crippen LogP contribution is -2.38. The van der Waals surface area contributed by atoms with Crippen LogP contribution < -0.4 is 21.1 Å². The Morgan fingerprint density at radius 3 is 2.32 bits per heavy atom. The summed E-state index contributed by atoms with van der Waals surface area (Å²) in [7, 11) is 2.03. The first-order valence-electron chi connectivity index (χ1n) is 15.4. The van der Waals surface area contributed by atoms with Crippen molar-refractivity contribution >= 4 is 57.4 Å². The van der Waals surface area contributed by atoms with E-state index in [-0.39, 0.29) is 46.8 Å². The molecule has 3 aromatic rings. The van der Waals surface area contributed by atoms with Crippen LogP contribution in [0.15, 0.2) is 54.6 Å². The molecule has 0 unspecified atom stereocenters. The number of likely N-dealkylation sites (tertiary alicyclic amines) is 2. The lowest BCUT2D eigenvalue weighted by Gasteiger charge is -2.29. The molecule has 2 saturated heterocycles. The smallest absolute Gasteiger partial charge is 0.306 e. The number of hydrogen-bond acceptors (Lipinski definition) is 7. The zero-order valence-corrected chi connectivity index (χ0v) is 28.6. The number of carboxylic acid groups (broad SMARTS) is 1. The van der Waals surface area contributed by atoms with Crippen molar-refractivity contribution in [2.45, 2.75) is 32.6 Å². The number of rotatable bonds is 9. The fourth-order valence-electron chi connectivity index (χ4n) is 5.39. The Labute approximate surface area is 286 Å². The van der Waals surface area contributed by atoms with Crippen molar-refractivity contribution < 1.29 is 33.0 Å². The van der Waals surface area contributed by atoms with E-state index in [1.54, 1.807) is 30.3 Å². The monoisotopic (exact) mass is 763 g/mol. The summed E-state index contributed by atoms with van der Waals surface area (Å²) < 4.78 is 35.4. The number of nitrogens with zero attached hydrogens (tertiary/aromatic N) is 2. The summed E-state index contributed by atoms with van der Waals surface area (Å²) in [4.78, 5) is 39.6. The molecule has 0 atom stereocenters. The van der Waals surface area contributed by atoms with Gasteiger partial charge in [-0.1, -0.05) is 13.0 Å². The van der Waals surface area contributed by atoms with Crippen molar-refractivity contribution in [1.29, 1.82) is 0 Å². The molecule has 0 aromatic heterocycles. The minimum Gasteiger partial charge on any atom is -0.481 e. The maximum Gasteiger partial charge on any atom is 0.306 e. The summed E-state index contributed by atoms with van der Waals surface area (Å²) in [5, 5.41) is 14.2. The van der Waals surface area contributed by atoms with Crippen LogP contribution in [0.1, 0.15) is 43.0 Å². The Balaban J connectivity index is 0.000000427. The minimum atomic E-state index is -0.885. The molecule has 2 fully saturated rings. The summed E-state index contributed by atoms with van der Waals surface area (Å²) in [6.07, 6.45) is 3.76. The van der Waals surface area contributed by atoms with Crippen LogP contribution in [0.2, 0.25) is 0 Å². The maximum atomic E-state index is 14.5. The molecule has 3 aromatic carbocycles. The first-order chi connectivity index (χ1) is 22.4. The van der Waals surface area contributed by atoms with Gasteiger partial charge in [-0.05, 0) is 124 Å². The molecule has 47 heavy (non-hydrogen) atoms. The second kappa shape index (κ2) is 16.8. The van der Waals surface area contributed by atoms with Gasteiger partial charge in [-0.15, -0.1) is 0 Å². The summed E-state index contributed by atoms with van der Waals surface area (Å²) >= 11 is 1.97. The molecule has 10 nitrogen and oxygen atoms in total. The molecule has 252 valence electrons. The highest BCUT2D eigenvalue weighted by atomic mass is 127. The number of hydrogen-bond donors (Lipinski definition) is 4. The maximum absolute atomic E-state index is 14.5. The third-order valence-corrected chi connectivity index (χ3v) is 8.84. The van der Waals surface area contributed by atoms with Gasteiger partial charge in [0.15, 0.2) is 0 Å². The van der Waals surface area contributed by atoms with Gasteiger partial charge in [-0.2, -0.15) is 0 Å². The Morgan fingerprint density at radius 1 is 0.979 bits per heavy atom. The molecule has 5 rings (SSSR count). The largest absolute Gasteiger partial charge is 0.481 e. The predicted octanol–water partition coefficient (Wildman–Crippen LogP) is 6.29. The van der Waals surface area contributed by atoms with Gasteiger partial charge in [-0.3, -0.25) is 19.3 Å². The van der Waals surface area contributed by atoms with E-state index in [9.17, 15) is 23.2 Å². The zero-order valence-electron chi connectivity index (χ0n) is 26.4. The summed E-state index contributed by atoms with van der Waals surface area (Å²) in [6, 6.07) is 13.0. The third kappa shape index (κ3) is 10.9. The minimum absolute atomic E-state index is 0.0390. The van der Waals surface area contributed by atoms with E-state index in [2.05, 4.69) is 27.4 Å². The predicted molar refractivity (Wildman–Crippen MR) is 185 cm³/mol. The first kappa shape index (κ1) is 36.0. The van der Waals surface area contributed by atoms with Crippen LogP contribution >= 0.6 is 22.6 Å². The molecule has 2 heterocycles. The number of benzene rings is 3. The lowest BCUT2D eigenvalue weighted by atomic mass is 9.98. The average molecular weight is 764 g/mol. The van der Waals surface area contributed by atoms with E-state index in [0.29, 0.717) is 15.2 Å². The van der Waals surface area contributed by atoms with E-state index in [1.807, 2.05) is 29.6 Å². The SMILES string of the molecule is CC1CCN(CC(=O)Nc2cccc(Oc3cc(F)cc(Nc4ccc(I)cc4F)c3C(N)=O)c2)CC1.CN1CCC(C(=O)O)CC1. The molecule has 2 aliphatic heterocycles. The molecule has 2 amide bonds. The molecule has 0 aliphatic carbocycles. The van der Waals surface area contributed by atoms with Crippen LogP contribution in [0.4, 0.5) is 25.8 Å². The van der Waals surface area contributed by atoms with Gasteiger partial charge >= 0.3 is 5.97 Å². The highest BCUT2D eigenvalue weighted by molar-refractivity contribution is 14.1. The second-order valence-corrected chi connectivity index (χ2v) is 13.2. The number of carboxylic acids is 1. The van der Waals surface area contributed by atoms with Crippen molar-refractivity contribution in [3.63, 3.8) is 0 Å². The third-order valence-electron chi connectivity index (χ3n) is 8.17. The van der Waals surface area contributed by atoms with E-state index < -0.39 is 23.5 Å². The highest BCUT2D eigenvalue weighted by Crippen LogP contribution is 2.35. The van der Waals surface area contributed by atoms with Crippen molar-refractivity contribution in [2.75, 3.05) is 50.4 Å². The van der Waals surface area contributed by atoms with Crippen LogP contribution in [0.3, 0.4) is 0 Å². The number of halogens is 3. The van der Waals surface area contributed by atoms with Crippen molar-refractivity contribution in [1.82, 2.24) is 9.80 Å². The number of nitrogens with two attached hydrogens (primary N) is 1. The topological polar surface area (TPSA) is 137 Å². The highest BCUT2D eigenvalue weighted by Gasteiger charge is 2.23. The van der Waals surface area contributed by atoms with Crippen molar-refractivity contribution in [3.05, 3.63) is 75.4 Å². The number of amides is 2. The molecular formula is C34H40F2IN5O5. The Bertz CT molecular complexity index is 1580. The van der Waals surface area contributed by atoms with Crippen LogP contribution in [0.5, 0.6) is 11.5 Å². The number of piperidine rings is 2. The number of anilines is 3. The van der Waals surface area contributed by atoms with Gasteiger partial charge in [-0.25, -0.2) is 8.78 Å². The van der Waals surface area contributed by atoms with Gasteiger partial charge in [0.2, 0.25) is 5.91 Å². The van der Waals surface area contributed by atoms with Crippen LogP contribution in [-0.4, -0.2) is 72.5 Å². The summed E-state index contributed by atoms with van der Waals surface area (Å²) in [5.41, 5.74) is 5.94. The Kier molecular flexibility index (Phi) is 12.9. The van der Waals surface area contributed by atoms with Crippen LogP contribution in [0.25, 0.3) is 0 Å². The van der Waals surface area contributed by atoms with Gasteiger partial charge < -0.3 is 31.1 Å². The fourth-order valence-corrected chi connectivity index (χ4v) is 5.85. The quantitative estimate of drug-likeness (QED) is 0.187. The van der Waals surface area contributed by atoms with Crippen LogP contribution in [0, 0.1) is 27.0 Å². The Hall–Kier alpha value is -3.82. The first-order valence-corrected chi connectivity index (χ1v) is 16.5. The average Bonchev–Trinajstić information content (AvgIpc) is 3.00. The van der Waals surface area contributed by atoms with E-state index >= 15 is 0 Å². The number of carbonyl (C=O) groups is 3. The van der Waals surface area contributed by atoms with E-state index in [4.69, 9.17) is 15.6 Å². The molecular weight excluding hydrogens is 723 g/mol. The Morgan fingerprint density at radius 2 is 1.68 bits per heavy atom. The second-order valence-electron chi connectivity index (χ2n) is 12.0. The van der Waals surface area contributed by atoms with Gasteiger partial charge in [0.05, 0.1) is 23.8 Å². The van der Waals surface area contributed by atoms with Gasteiger partial charge in [0.25, 0.3) is 5.91 Å². The molecule has 0 radical (unpaired) electrons. The number of primary amides is 1. The molecule has 0 spiro atoms. The fraction of sp³-hybridized carbons (Fsp3) is 0.382. The van der Waals surface area contributed by atoms with Gasteiger partial charge in [0, 0.05) is 21.4 Å². The standard InChI is InChI=1S/C27H27F2IN4O3.C7H13NO2/c1-16-7-9-34(10-8-16)15-25(35)32-19-3-2-4-20(14-19)37-24-12-17(28)11-23(26(24)27(31)36)33-22-6-5-18(30)13-21(22)29;1-8-4-2-6(3-5-8)7(9)10/h2-6,11-14,16,33H,7-10,15H2,1H3,(H2,31,36)(H,32,35);6H,2-5H2,1H3,(H,9,10). The summed E-state index contributed by atoms with van der Waals surface area (Å²) in [5.74, 6) is -2.26. The van der Waals surface area contributed by atoms with Crippen LogP contribution in [-0.2, 0) is 9.59 Å². The molecule has 0 saturated carbocycles. The van der Waals surface area contributed by atoms with Crippen molar-refractivity contribution in [3.8, 4) is 11.5 Å². The number of carbonyl (C=O) groups excluding carboxylic acids is 2. The number of ether oxygens (including phenoxy) is 1. The normalized spacial score (nSPS) is 16.1. The molecule has 13 heteroatoms. The number of aliphatic carboxylic acids is 1. The lowest BCUT2D eigenvalue weighted by molar-refractivity contribution is -0.143. The zero-order chi connectivity index (χ0) is 34.1. The van der Waals surface area contributed by atoms with Gasteiger partial charge in [0.1, 0.15) is 28.7 Å². The molecule has 5 N–H and O–H groups in total. The van der Waals surface area contributed by atoms with E-state index in [0.717, 1.165) is 64.0 Å². The summed E-state index contributed by atoms with van der Waals surface area (Å²) in [6.45, 7) is 6.13. The number of nitrogens with one attached hydrogen (secondary N) is 2. The molecule has 2 aliphatic rings.